The molecule has 2 aromatic heterocycles. The van der Waals surface area contributed by atoms with Gasteiger partial charge in [0.1, 0.15) is 5.82 Å². The molecule has 1 N–H and O–H groups in total. The molecular weight excluding hydrogens is 242 g/mol. The molecular formula is C14H13N3S. The lowest BCUT2D eigenvalue weighted by atomic mass is 10.2. The van der Waals surface area contributed by atoms with Gasteiger partial charge >= 0.3 is 0 Å². The molecule has 1 aromatic carbocycles. The van der Waals surface area contributed by atoms with Crippen LogP contribution in [0.3, 0.4) is 0 Å². The number of nitrogens with zero attached hydrogens (tertiary/aromatic N) is 2. The Kier molecular flexibility index (Phi) is 2.94. The highest BCUT2D eigenvalue weighted by atomic mass is 32.1. The van der Waals surface area contributed by atoms with Gasteiger partial charge in [0.25, 0.3) is 0 Å². The fraction of sp³-hybridized carbons (Fsp3) is 0.143. The molecule has 0 aliphatic heterocycles. The highest BCUT2D eigenvalue weighted by molar-refractivity contribution is 7.09. The van der Waals surface area contributed by atoms with E-state index in [1.54, 1.807) is 11.3 Å². The zero-order chi connectivity index (χ0) is 12.4. The Hall–Kier alpha value is -1.94. The van der Waals surface area contributed by atoms with Gasteiger partial charge in [-0.25, -0.2) is 9.97 Å². The fourth-order valence-corrected chi connectivity index (χ4v) is 2.55. The Balaban J connectivity index is 1.81. The lowest BCUT2D eigenvalue weighted by Gasteiger charge is -2.05. The summed E-state index contributed by atoms with van der Waals surface area (Å²) >= 11 is 1.67. The molecule has 0 saturated carbocycles. The molecule has 4 heteroatoms. The normalized spacial score (nSPS) is 10.7. The second kappa shape index (κ2) is 4.74. The van der Waals surface area contributed by atoms with Gasteiger partial charge in [0.15, 0.2) is 0 Å². The van der Waals surface area contributed by atoms with Crippen molar-refractivity contribution in [2.45, 2.75) is 13.5 Å². The van der Waals surface area contributed by atoms with Crippen molar-refractivity contribution in [3.8, 4) is 0 Å². The van der Waals surface area contributed by atoms with Crippen LogP contribution in [0, 0.1) is 6.92 Å². The van der Waals surface area contributed by atoms with Gasteiger partial charge in [-0.15, -0.1) is 11.3 Å². The van der Waals surface area contributed by atoms with Crippen LogP contribution in [-0.2, 0) is 6.54 Å². The molecule has 0 bridgehead atoms. The maximum absolute atomic E-state index is 4.58. The minimum atomic E-state index is 0.780. The summed E-state index contributed by atoms with van der Waals surface area (Å²) < 4.78 is 0. The van der Waals surface area contributed by atoms with Gasteiger partial charge in [-0.2, -0.15) is 0 Å². The van der Waals surface area contributed by atoms with Crippen molar-refractivity contribution in [3.05, 3.63) is 52.5 Å². The summed E-state index contributed by atoms with van der Waals surface area (Å²) in [6.45, 7) is 2.81. The van der Waals surface area contributed by atoms with Gasteiger partial charge in [-0.1, -0.05) is 18.2 Å². The van der Waals surface area contributed by atoms with Crippen LogP contribution < -0.4 is 5.32 Å². The Morgan fingerprint density at radius 2 is 2.06 bits per heavy atom. The van der Waals surface area contributed by atoms with Crippen LogP contribution in [0.15, 0.2) is 41.9 Å². The first-order valence-electron chi connectivity index (χ1n) is 5.81. The molecule has 0 fully saturated rings. The van der Waals surface area contributed by atoms with Crippen LogP contribution >= 0.6 is 11.3 Å². The first-order valence-corrected chi connectivity index (χ1v) is 6.69. The number of fused-ring (bicyclic) bond motifs is 1. The highest BCUT2D eigenvalue weighted by Crippen LogP contribution is 2.17. The van der Waals surface area contributed by atoms with E-state index < -0.39 is 0 Å². The summed E-state index contributed by atoms with van der Waals surface area (Å²) in [6.07, 6.45) is 0. The van der Waals surface area contributed by atoms with Crippen LogP contribution in [0.25, 0.3) is 10.9 Å². The average Bonchev–Trinajstić information content (AvgIpc) is 2.82. The minimum Gasteiger partial charge on any atom is -0.365 e. The molecule has 0 aliphatic rings. The van der Waals surface area contributed by atoms with Gasteiger partial charge in [-0.3, -0.25) is 0 Å². The number of para-hydroxylation sites is 1. The standard InChI is InChI=1S/C14H13N3S/c1-10-13(18-9-16-10)8-15-14-7-6-11-4-2-3-5-12(11)17-14/h2-7,9H,8H2,1H3,(H,15,17). The minimum absolute atomic E-state index is 0.780. The lowest BCUT2D eigenvalue weighted by Crippen LogP contribution is -2.00. The molecule has 3 nitrogen and oxygen atoms in total. The molecule has 0 radical (unpaired) electrons. The molecule has 0 saturated heterocycles. The van der Waals surface area contributed by atoms with Crippen LogP contribution in [0.2, 0.25) is 0 Å². The summed E-state index contributed by atoms with van der Waals surface area (Å²) in [5.74, 6) is 0.904. The zero-order valence-electron chi connectivity index (χ0n) is 10.1. The number of nitrogens with one attached hydrogen (secondary N) is 1. The monoisotopic (exact) mass is 255 g/mol. The van der Waals surface area contributed by atoms with E-state index in [1.165, 1.54) is 4.88 Å². The first kappa shape index (κ1) is 11.2. The smallest absolute Gasteiger partial charge is 0.126 e. The third kappa shape index (κ3) is 2.19. The third-order valence-corrected chi connectivity index (χ3v) is 3.81. The van der Waals surface area contributed by atoms with Gasteiger partial charge in [0.05, 0.1) is 23.3 Å². The van der Waals surface area contributed by atoms with Crippen LogP contribution in [0.1, 0.15) is 10.6 Å². The van der Waals surface area contributed by atoms with E-state index in [1.807, 2.05) is 36.7 Å². The summed E-state index contributed by atoms with van der Waals surface area (Å²) in [4.78, 5) is 10.1. The first-order chi connectivity index (χ1) is 8.83. The summed E-state index contributed by atoms with van der Waals surface area (Å²) in [6, 6.07) is 12.2. The average molecular weight is 255 g/mol. The molecule has 0 aliphatic carbocycles. The predicted octanol–water partition coefficient (Wildman–Crippen LogP) is 3.61. The van der Waals surface area contributed by atoms with Crippen molar-refractivity contribution in [2.75, 3.05) is 5.32 Å². The molecule has 3 rings (SSSR count). The van der Waals surface area contributed by atoms with E-state index in [4.69, 9.17) is 0 Å². The number of anilines is 1. The maximum atomic E-state index is 4.58. The predicted molar refractivity (Wildman–Crippen MR) is 75.9 cm³/mol. The number of hydrogen-bond acceptors (Lipinski definition) is 4. The number of benzene rings is 1. The molecule has 18 heavy (non-hydrogen) atoms. The summed E-state index contributed by atoms with van der Waals surface area (Å²) in [7, 11) is 0. The zero-order valence-corrected chi connectivity index (χ0v) is 10.9. The number of hydrogen-bond donors (Lipinski definition) is 1. The Labute approximate surface area is 110 Å². The van der Waals surface area contributed by atoms with Crippen LogP contribution in [-0.4, -0.2) is 9.97 Å². The van der Waals surface area contributed by atoms with E-state index in [-0.39, 0.29) is 0 Å². The lowest BCUT2D eigenvalue weighted by molar-refractivity contribution is 1.10. The topological polar surface area (TPSA) is 37.8 Å². The summed E-state index contributed by atoms with van der Waals surface area (Å²) in [5.41, 5.74) is 3.98. The highest BCUT2D eigenvalue weighted by Gasteiger charge is 2.02. The fourth-order valence-electron chi connectivity index (χ4n) is 1.83. The van der Waals surface area contributed by atoms with Crippen molar-refractivity contribution in [1.82, 2.24) is 9.97 Å². The maximum Gasteiger partial charge on any atom is 0.126 e. The second-order valence-corrected chi connectivity index (χ2v) is 5.04. The molecule has 90 valence electrons. The molecule has 0 amide bonds. The van der Waals surface area contributed by atoms with E-state index >= 15 is 0 Å². The SMILES string of the molecule is Cc1ncsc1CNc1ccc2ccccc2n1. The quantitative estimate of drug-likeness (QED) is 0.777. The molecule has 0 unspecified atom stereocenters. The Bertz CT molecular complexity index is 675. The van der Waals surface area contributed by atoms with Crippen molar-refractivity contribution in [1.29, 1.82) is 0 Å². The van der Waals surface area contributed by atoms with E-state index in [0.717, 1.165) is 29.0 Å². The third-order valence-electron chi connectivity index (χ3n) is 2.87. The van der Waals surface area contributed by atoms with Gasteiger partial charge in [0.2, 0.25) is 0 Å². The van der Waals surface area contributed by atoms with Crippen molar-refractivity contribution < 1.29 is 0 Å². The number of rotatable bonds is 3. The van der Waals surface area contributed by atoms with Gasteiger partial charge < -0.3 is 5.32 Å². The van der Waals surface area contributed by atoms with E-state index in [0.29, 0.717) is 0 Å². The number of thiazole rings is 1. The molecule has 0 spiro atoms. The number of aromatic nitrogens is 2. The summed E-state index contributed by atoms with van der Waals surface area (Å²) in [5, 5.41) is 4.50. The number of pyridine rings is 1. The van der Waals surface area contributed by atoms with Crippen LogP contribution in [0.4, 0.5) is 5.82 Å². The molecule has 3 aromatic rings. The molecule has 0 atom stereocenters. The van der Waals surface area contributed by atoms with Crippen LogP contribution in [0.5, 0.6) is 0 Å². The van der Waals surface area contributed by atoms with E-state index in [2.05, 4.69) is 27.4 Å². The van der Waals surface area contributed by atoms with Crippen molar-refractivity contribution >= 4 is 28.1 Å². The molecule has 2 heterocycles. The Morgan fingerprint density at radius 3 is 2.89 bits per heavy atom. The van der Waals surface area contributed by atoms with Crippen molar-refractivity contribution in [3.63, 3.8) is 0 Å². The largest absolute Gasteiger partial charge is 0.365 e. The van der Waals surface area contributed by atoms with Gasteiger partial charge in [0, 0.05) is 10.3 Å². The Morgan fingerprint density at radius 1 is 1.17 bits per heavy atom. The van der Waals surface area contributed by atoms with Gasteiger partial charge in [-0.05, 0) is 25.1 Å². The number of aryl methyl sites for hydroxylation is 1. The van der Waals surface area contributed by atoms with Crippen molar-refractivity contribution in [2.24, 2.45) is 0 Å². The second-order valence-electron chi connectivity index (χ2n) is 4.10. The van der Waals surface area contributed by atoms with E-state index in [9.17, 15) is 0 Å².